The summed E-state index contributed by atoms with van der Waals surface area (Å²) in [6, 6.07) is 19.1. The Balaban J connectivity index is 1.74. The molecule has 0 radical (unpaired) electrons. The van der Waals surface area contributed by atoms with E-state index >= 15 is 0 Å². The third-order valence-corrected chi connectivity index (χ3v) is 5.16. The van der Waals surface area contributed by atoms with Crippen LogP contribution in [-0.2, 0) is 16.1 Å². The molecule has 1 fully saturated rings. The lowest BCUT2D eigenvalue weighted by molar-refractivity contribution is -0.127. The number of likely N-dealkylation sites (N-methyl/N-ethyl adjacent to an activating group) is 1. The fraction of sp³-hybridized carbons (Fsp3) is 0.364. The zero-order valence-corrected chi connectivity index (χ0v) is 15.9. The molecule has 0 aromatic heterocycles. The van der Waals surface area contributed by atoms with Crippen molar-refractivity contribution in [3.63, 3.8) is 0 Å². The second kappa shape index (κ2) is 8.25. The molecule has 1 aliphatic heterocycles. The van der Waals surface area contributed by atoms with Gasteiger partial charge in [0, 0.05) is 18.8 Å². The molecule has 27 heavy (non-hydrogen) atoms. The number of nitrogens with zero attached hydrogens (tertiary/aromatic N) is 2. The number of carbonyl (C=O) groups excluding carboxylic acids is 2. The van der Waals surface area contributed by atoms with Gasteiger partial charge < -0.3 is 9.64 Å². The number of hydrogen-bond acceptors (Lipinski definition) is 3. The predicted octanol–water partition coefficient (Wildman–Crippen LogP) is 4.23. The van der Waals surface area contributed by atoms with Crippen LogP contribution >= 0.6 is 0 Å². The van der Waals surface area contributed by atoms with Crippen molar-refractivity contribution in [2.75, 3.05) is 18.0 Å². The molecular weight excluding hydrogens is 340 g/mol. The summed E-state index contributed by atoms with van der Waals surface area (Å²) in [6.45, 7) is 5.07. The Morgan fingerprint density at radius 3 is 2.33 bits per heavy atom. The number of hydrogen-bond donors (Lipinski definition) is 0. The van der Waals surface area contributed by atoms with E-state index in [1.807, 2.05) is 74.5 Å². The first kappa shape index (κ1) is 19.0. The predicted molar refractivity (Wildman–Crippen MR) is 105 cm³/mol. The standard InChI is InChI=1S/C22H26N2O3/c1-3-23(19-13-8-5-9-14-19)20(25)22(2)15-10-16-24(22)21(26)27-17-18-11-6-4-7-12-18/h4-9,11-14H,3,10,15-17H2,1-2H3. The van der Waals surface area contributed by atoms with E-state index in [9.17, 15) is 9.59 Å². The molecular formula is C22H26N2O3. The SMILES string of the molecule is CCN(C(=O)C1(C)CCCN1C(=O)OCc1ccccc1)c1ccccc1. The van der Waals surface area contributed by atoms with Crippen molar-refractivity contribution in [3.05, 3.63) is 66.2 Å². The normalized spacial score (nSPS) is 19.0. The summed E-state index contributed by atoms with van der Waals surface area (Å²) in [5, 5.41) is 0. The maximum Gasteiger partial charge on any atom is 0.410 e. The molecule has 5 nitrogen and oxygen atoms in total. The molecule has 1 saturated heterocycles. The molecule has 1 atom stereocenters. The van der Waals surface area contributed by atoms with Gasteiger partial charge in [0.2, 0.25) is 0 Å². The van der Waals surface area contributed by atoms with Gasteiger partial charge in [0.15, 0.2) is 0 Å². The van der Waals surface area contributed by atoms with Crippen LogP contribution in [0, 0.1) is 0 Å². The molecule has 1 heterocycles. The minimum absolute atomic E-state index is 0.0645. The van der Waals surface area contributed by atoms with Crippen molar-refractivity contribution in [1.29, 1.82) is 0 Å². The van der Waals surface area contributed by atoms with Gasteiger partial charge in [-0.2, -0.15) is 0 Å². The van der Waals surface area contributed by atoms with E-state index in [2.05, 4.69) is 0 Å². The van der Waals surface area contributed by atoms with Crippen LogP contribution in [0.3, 0.4) is 0 Å². The van der Waals surface area contributed by atoms with Crippen molar-refractivity contribution in [1.82, 2.24) is 4.90 Å². The molecule has 3 rings (SSSR count). The fourth-order valence-corrected chi connectivity index (χ4v) is 3.62. The first-order chi connectivity index (χ1) is 13.1. The van der Waals surface area contributed by atoms with Gasteiger partial charge in [-0.25, -0.2) is 4.79 Å². The molecule has 1 aliphatic rings. The molecule has 2 aromatic rings. The smallest absolute Gasteiger partial charge is 0.410 e. The summed E-state index contributed by atoms with van der Waals surface area (Å²) in [7, 11) is 0. The van der Waals surface area contributed by atoms with Gasteiger partial charge in [-0.1, -0.05) is 48.5 Å². The molecule has 142 valence electrons. The highest BCUT2D eigenvalue weighted by atomic mass is 16.6. The largest absolute Gasteiger partial charge is 0.445 e. The van der Waals surface area contributed by atoms with Gasteiger partial charge in [-0.05, 0) is 44.4 Å². The summed E-state index contributed by atoms with van der Waals surface area (Å²) in [6.07, 6.45) is 0.987. The summed E-state index contributed by atoms with van der Waals surface area (Å²) in [4.78, 5) is 29.4. The molecule has 0 N–H and O–H groups in total. The molecule has 2 aromatic carbocycles. The molecule has 1 unspecified atom stereocenters. The highest BCUT2D eigenvalue weighted by molar-refractivity contribution is 6.01. The minimum atomic E-state index is -0.889. The maximum atomic E-state index is 13.4. The van der Waals surface area contributed by atoms with E-state index < -0.39 is 11.6 Å². The van der Waals surface area contributed by atoms with Crippen molar-refractivity contribution in [3.8, 4) is 0 Å². The number of ether oxygens (including phenoxy) is 1. The van der Waals surface area contributed by atoms with Gasteiger partial charge in [0.1, 0.15) is 12.1 Å². The van der Waals surface area contributed by atoms with Gasteiger partial charge in [0.05, 0.1) is 0 Å². The van der Waals surface area contributed by atoms with E-state index in [1.54, 1.807) is 9.80 Å². The number of amides is 2. The van der Waals surface area contributed by atoms with Gasteiger partial charge >= 0.3 is 6.09 Å². The topological polar surface area (TPSA) is 49.9 Å². The van der Waals surface area contributed by atoms with Crippen LogP contribution in [0.4, 0.5) is 10.5 Å². The van der Waals surface area contributed by atoms with Crippen LogP contribution < -0.4 is 4.90 Å². The van der Waals surface area contributed by atoms with E-state index in [0.717, 1.165) is 17.7 Å². The fourth-order valence-electron chi connectivity index (χ4n) is 3.62. The first-order valence-corrected chi connectivity index (χ1v) is 9.41. The highest BCUT2D eigenvalue weighted by Gasteiger charge is 2.48. The monoisotopic (exact) mass is 366 g/mol. The number of anilines is 1. The number of likely N-dealkylation sites (tertiary alicyclic amines) is 1. The lowest BCUT2D eigenvalue weighted by atomic mass is 9.96. The Kier molecular flexibility index (Phi) is 5.79. The van der Waals surface area contributed by atoms with Gasteiger partial charge in [-0.3, -0.25) is 9.69 Å². The molecule has 2 amide bonds. The Morgan fingerprint density at radius 2 is 1.70 bits per heavy atom. The van der Waals surface area contributed by atoms with Gasteiger partial charge in [-0.15, -0.1) is 0 Å². The van der Waals surface area contributed by atoms with E-state index in [4.69, 9.17) is 4.74 Å². The number of rotatable bonds is 5. The van der Waals surface area contributed by atoms with Gasteiger partial charge in [0.25, 0.3) is 5.91 Å². The average Bonchev–Trinajstić information content (AvgIpc) is 3.11. The zero-order valence-electron chi connectivity index (χ0n) is 15.9. The Morgan fingerprint density at radius 1 is 1.07 bits per heavy atom. The summed E-state index contributed by atoms with van der Waals surface area (Å²) in [5.74, 6) is -0.0645. The van der Waals surface area contributed by atoms with Crippen LogP contribution in [-0.4, -0.2) is 35.5 Å². The Bertz CT molecular complexity index is 779. The summed E-state index contributed by atoms with van der Waals surface area (Å²) >= 11 is 0. The van der Waals surface area contributed by atoms with E-state index in [1.165, 1.54) is 0 Å². The first-order valence-electron chi connectivity index (χ1n) is 9.41. The third-order valence-electron chi connectivity index (χ3n) is 5.16. The van der Waals surface area contributed by atoms with Crippen molar-refractivity contribution < 1.29 is 14.3 Å². The number of benzene rings is 2. The molecule has 0 saturated carbocycles. The quantitative estimate of drug-likeness (QED) is 0.796. The van der Waals surface area contributed by atoms with Crippen LogP contribution in [0.5, 0.6) is 0 Å². The zero-order chi connectivity index (χ0) is 19.3. The van der Waals surface area contributed by atoms with Crippen LogP contribution in [0.1, 0.15) is 32.3 Å². The van der Waals surface area contributed by atoms with E-state index in [0.29, 0.717) is 19.5 Å². The number of para-hydroxylation sites is 1. The molecule has 0 aliphatic carbocycles. The second-order valence-electron chi connectivity index (χ2n) is 6.95. The lowest BCUT2D eigenvalue weighted by Crippen LogP contribution is -2.56. The van der Waals surface area contributed by atoms with Crippen molar-refractivity contribution in [2.24, 2.45) is 0 Å². The molecule has 0 spiro atoms. The Labute approximate surface area is 160 Å². The summed E-state index contributed by atoms with van der Waals surface area (Å²) in [5.41, 5.74) is 0.882. The van der Waals surface area contributed by atoms with Crippen molar-refractivity contribution in [2.45, 2.75) is 38.8 Å². The number of carbonyl (C=O) groups is 2. The average molecular weight is 366 g/mol. The maximum absolute atomic E-state index is 13.4. The second-order valence-corrected chi connectivity index (χ2v) is 6.95. The van der Waals surface area contributed by atoms with Crippen LogP contribution in [0.2, 0.25) is 0 Å². The van der Waals surface area contributed by atoms with Crippen LogP contribution in [0.25, 0.3) is 0 Å². The third kappa shape index (κ3) is 3.97. The van der Waals surface area contributed by atoms with Crippen molar-refractivity contribution >= 4 is 17.7 Å². The van der Waals surface area contributed by atoms with E-state index in [-0.39, 0.29) is 12.5 Å². The minimum Gasteiger partial charge on any atom is -0.445 e. The molecule has 5 heteroatoms. The van der Waals surface area contributed by atoms with Crippen LogP contribution in [0.15, 0.2) is 60.7 Å². The Hall–Kier alpha value is -2.82. The molecule has 0 bridgehead atoms. The lowest BCUT2D eigenvalue weighted by Gasteiger charge is -2.37. The summed E-state index contributed by atoms with van der Waals surface area (Å²) < 4.78 is 5.49. The highest BCUT2D eigenvalue weighted by Crippen LogP contribution is 2.33.